The fourth-order valence-electron chi connectivity index (χ4n) is 6.87. The second-order valence-corrected chi connectivity index (χ2v) is 15.4. The molecule has 2 atom stereocenters. The van der Waals surface area contributed by atoms with Gasteiger partial charge in [0.05, 0.1) is 12.1 Å². The van der Waals surface area contributed by atoms with Gasteiger partial charge in [0, 0.05) is 37.0 Å². The zero-order chi connectivity index (χ0) is 36.5. The Labute approximate surface area is 331 Å². The summed E-state index contributed by atoms with van der Waals surface area (Å²) < 4.78 is 5.49. The van der Waals surface area contributed by atoms with Crippen molar-refractivity contribution in [1.82, 2.24) is 20.9 Å². The van der Waals surface area contributed by atoms with Gasteiger partial charge in [-0.05, 0) is 144 Å². The number of aryl methyl sites for hydroxylation is 2. The van der Waals surface area contributed by atoms with Gasteiger partial charge in [0.1, 0.15) is 5.60 Å². The quantitative estimate of drug-likeness (QED) is 0.247. The van der Waals surface area contributed by atoms with Gasteiger partial charge in [-0.3, -0.25) is 9.59 Å². The molecule has 4 rings (SSSR count). The first-order valence-corrected chi connectivity index (χ1v) is 18.6. The molecule has 11 heteroatoms. The first-order chi connectivity index (χ1) is 23.0. The third kappa shape index (κ3) is 14.4. The van der Waals surface area contributed by atoms with Crippen LogP contribution in [-0.4, -0.2) is 54.6 Å². The van der Waals surface area contributed by atoms with Gasteiger partial charge in [-0.2, -0.15) is 0 Å². The number of ether oxygens (including phenoxy) is 1. The number of likely N-dealkylation sites (tertiary alicyclic amines) is 1. The summed E-state index contributed by atoms with van der Waals surface area (Å²) >= 11 is 12.8. The Morgan fingerprint density at radius 2 is 1.17 bits per heavy atom. The van der Waals surface area contributed by atoms with Gasteiger partial charge in [-0.25, -0.2) is 4.79 Å². The molecule has 52 heavy (non-hydrogen) atoms. The molecule has 0 aromatic heterocycles. The topological polar surface area (TPSA) is 99.8 Å². The summed E-state index contributed by atoms with van der Waals surface area (Å²) in [6, 6.07) is 8.46. The number of nitrogens with one attached hydrogen (secondary N) is 3. The molecule has 0 unspecified atom stereocenters. The Balaban J connectivity index is 0.000000978. The summed E-state index contributed by atoms with van der Waals surface area (Å²) in [5.41, 5.74) is 6.46. The van der Waals surface area contributed by atoms with Gasteiger partial charge < -0.3 is 25.6 Å². The third-order valence-corrected chi connectivity index (χ3v) is 10.2. The Morgan fingerprint density at radius 1 is 0.788 bits per heavy atom. The van der Waals surface area contributed by atoms with E-state index in [1.54, 1.807) is 18.7 Å². The van der Waals surface area contributed by atoms with Crippen LogP contribution in [0.4, 0.5) is 4.79 Å². The minimum absolute atomic E-state index is 0. The first kappa shape index (κ1) is 49.5. The lowest BCUT2D eigenvalue weighted by Crippen LogP contribution is -2.41. The van der Waals surface area contributed by atoms with Crippen molar-refractivity contribution in [3.63, 3.8) is 0 Å². The fraction of sp³-hybridized carbons (Fsp3) is 0.634. The predicted octanol–water partition coefficient (Wildman–Crippen LogP) is 10.7. The van der Waals surface area contributed by atoms with Gasteiger partial charge in [0.2, 0.25) is 11.8 Å². The average Bonchev–Trinajstić information content (AvgIpc) is 3.04. The van der Waals surface area contributed by atoms with Crippen LogP contribution in [0.25, 0.3) is 0 Å². The number of benzene rings is 2. The molecule has 0 aliphatic carbocycles. The molecule has 0 saturated carbocycles. The summed E-state index contributed by atoms with van der Waals surface area (Å²) in [5, 5.41) is 11.1. The summed E-state index contributed by atoms with van der Waals surface area (Å²) in [6.07, 6.45) is 5.40. The molecule has 2 aromatic carbocycles. The smallest absolute Gasteiger partial charge is 0.410 e. The van der Waals surface area contributed by atoms with E-state index in [0.717, 1.165) is 78.4 Å². The monoisotopic (exact) mass is 784 g/mol. The Hall–Kier alpha value is -2.52. The Kier molecular flexibility index (Phi) is 21.5. The number of rotatable bonds is 8. The fourth-order valence-corrected chi connectivity index (χ4v) is 7.22. The Bertz CT molecular complexity index is 1450. The lowest BCUT2D eigenvalue weighted by molar-refractivity contribution is -0.120. The van der Waals surface area contributed by atoms with Gasteiger partial charge in [-0.15, -0.1) is 12.4 Å². The number of halogens is 3. The first-order valence-electron chi connectivity index (χ1n) is 17.9. The van der Waals surface area contributed by atoms with Gasteiger partial charge in [0.15, 0.2) is 0 Å². The summed E-state index contributed by atoms with van der Waals surface area (Å²) in [6.45, 7) is 20.4. The summed E-state index contributed by atoms with van der Waals surface area (Å²) in [4.78, 5) is 37.3. The number of hydrogen-bond donors (Lipinski definition) is 3. The van der Waals surface area contributed by atoms with Crippen LogP contribution in [0.15, 0.2) is 24.3 Å². The van der Waals surface area contributed by atoms with Crippen LogP contribution in [0.1, 0.15) is 159 Å². The molecule has 0 radical (unpaired) electrons. The highest BCUT2D eigenvalue weighted by Gasteiger charge is 2.30. The number of amides is 3. The van der Waals surface area contributed by atoms with Crippen LogP contribution < -0.4 is 16.0 Å². The number of carbonyl (C=O) groups is 3. The van der Waals surface area contributed by atoms with Gasteiger partial charge in [0.25, 0.3) is 0 Å². The molecule has 8 nitrogen and oxygen atoms in total. The van der Waals surface area contributed by atoms with E-state index >= 15 is 0 Å². The normalized spacial score (nSPS) is 16.0. The third-order valence-electron chi connectivity index (χ3n) is 9.42. The second kappa shape index (κ2) is 22.6. The maximum Gasteiger partial charge on any atom is 0.410 e. The van der Waals surface area contributed by atoms with Crippen LogP contribution >= 0.6 is 35.6 Å². The SMILES string of the molecule is C.C.CC[C@H](NC(C)=O)c1cc(C)c(Cl)cc1C1CCN(C(=O)OC(C)(C)C)CC1.CC[C@H](NC(C)=O)c1cc(C)c(Cl)cc1C1CCNCC1.Cl. The zero-order valence-electron chi connectivity index (χ0n) is 31.4. The van der Waals surface area contributed by atoms with Crippen molar-refractivity contribution < 1.29 is 19.1 Å². The lowest BCUT2D eigenvalue weighted by Gasteiger charge is -2.35. The van der Waals surface area contributed by atoms with Crippen LogP contribution in [0, 0.1) is 13.8 Å². The molecule has 2 saturated heterocycles. The van der Waals surface area contributed by atoms with Crippen molar-refractivity contribution in [2.75, 3.05) is 26.2 Å². The van der Waals surface area contributed by atoms with Crippen LogP contribution in [-0.2, 0) is 14.3 Å². The predicted molar refractivity (Wildman–Crippen MR) is 221 cm³/mol. The minimum atomic E-state index is -0.488. The van der Waals surface area contributed by atoms with Gasteiger partial charge in [-0.1, -0.05) is 64.0 Å². The molecule has 3 N–H and O–H groups in total. The van der Waals surface area contributed by atoms with Crippen LogP contribution in [0.3, 0.4) is 0 Å². The van der Waals surface area contributed by atoms with E-state index in [0.29, 0.717) is 24.9 Å². The molecule has 3 amide bonds. The summed E-state index contributed by atoms with van der Waals surface area (Å²) in [5.74, 6) is 0.813. The van der Waals surface area contributed by atoms with Crippen LogP contribution in [0.2, 0.25) is 10.0 Å². The van der Waals surface area contributed by atoms with Crippen molar-refractivity contribution in [1.29, 1.82) is 0 Å². The Morgan fingerprint density at radius 3 is 1.52 bits per heavy atom. The lowest BCUT2D eigenvalue weighted by atomic mass is 9.83. The molecule has 2 aromatic rings. The highest BCUT2D eigenvalue weighted by atomic mass is 35.5. The molecular formula is C41H67Cl3N4O4. The van der Waals surface area contributed by atoms with E-state index in [1.807, 2.05) is 40.7 Å². The molecule has 0 bridgehead atoms. The summed E-state index contributed by atoms with van der Waals surface area (Å²) in [7, 11) is 0. The highest BCUT2D eigenvalue weighted by Crippen LogP contribution is 2.38. The van der Waals surface area contributed by atoms with Crippen molar-refractivity contribution in [2.45, 2.75) is 145 Å². The highest BCUT2D eigenvalue weighted by molar-refractivity contribution is 6.31. The van der Waals surface area contributed by atoms with E-state index in [2.05, 4.69) is 48.0 Å². The zero-order valence-corrected chi connectivity index (χ0v) is 33.8. The second-order valence-electron chi connectivity index (χ2n) is 14.5. The number of hydrogen-bond acceptors (Lipinski definition) is 5. The van der Waals surface area contributed by atoms with Gasteiger partial charge >= 0.3 is 6.09 Å². The van der Waals surface area contributed by atoms with Crippen molar-refractivity contribution in [3.05, 3.63) is 67.7 Å². The van der Waals surface area contributed by atoms with Crippen molar-refractivity contribution in [2.24, 2.45) is 0 Å². The van der Waals surface area contributed by atoms with Crippen molar-refractivity contribution in [3.8, 4) is 0 Å². The number of nitrogens with zero attached hydrogens (tertiary/aromatic N) is 1. The molecular weight excluding hydrogens is 719 g/mol. The van der Waals surface area contributed by atoms with E-state index < -0.39 is 5.60 Å². The van der Waals surface area contributed by atoms with E-state index in [-0.39, 0.29) is 57.3 Å². The maximum absolute atomic E-state index is 12.3. The number of carbonyl (C=O) groups excluding carboxylic acids is 3. The minimum Gasteiger partial charge on any atom is -0.444 e. The maximum atomic E-state index is 12.3. The largest absolute Gasteiger partial charge is 0.444 e. The molecule has 2 heterocycles. The van der Waals surface area contributed by atoms with Crippen LogP contribution in [0.5, 0.6) is 0 Å². The van der Waals surface area contributed by atoms with E-state index in [4.69, 9.17) is 27.9 Å². The van der Waals surface area contributed by atoms with Crippen molar-refractivity contribution >= 4 is 53.5 Å². The molecule has 296 valence electrons. The average molecular weight is 786 g/mol. The molecule has 2 aliphatic rings. The standard InChI is InChI=1S/C22H33ClN2O3.C17H25ClN2O.2CH4.ClH/c1-7-20(24-15(3)26)18-12-14(2)19(23)13-17(18)16-8-10-25(11-9-16)21(27)28-22(4,5)6;1-4-17(20-12(3)21)15-9-11(2)16(18)10-14(15)13-5-7-19-8-6-13;;;/h12-13,16,20H,7-11H2,1-6H3,(H,24,26);9-10,13,17,19H,4-8H2,1-3H3,(H,20,21);2*1H4;1H/t20-;17-;;;/m00.../s1. The van der Waals surface area contributed by atoms with E-state index in [1.165, 1.54) is 16.7 Å². The molecule has 0 spiro atoms. The van der Waals surface area contributed by atoms with E-state index in [9.17, 15) is 14.4 Å². The number of piperidine rings is 2. The molecule has 2 fully saturated rings. The molecule has 2 aliphatic heterocycles.